The van der Waals surface area contributed by atoms with Crippen molar-refractivity contribution in [3.05, 3.63) is 88.5 Å². The summed E-state index contributed by atoms with van der Waals surface area (Å²) in [7, 11) is 1.92. The summed E-state index contributed by atoms with van der Waals surface area (Å²) in [6, 6.07) is 17.9. The van der Waals surface area contributed by atoms with Gasteiger partial charge in [-0.25, -0.2) is 9.97 Å². The van der Waals surface area contributed by atoms with E-state index in [0.29, 0.717) is 25.3 Å². The molecule has 2 aromatic carbocycles. The van der Waals surface area contributed by atoms with Crippen molar-refractivity contribution in [3.8, 4) is 0 Å². The summed E-state index contributed by atoms with van der Waals surface area (Å²) < 4.78 is 1.85. The van der Waals surface area contributed by atoms with E-state index in [9.17, 15) is 4.79 Å². The fourth-order valence-corrected chi connectivity index (χ4v) is 4.31. The van der Waals surface area contributed by atoms with Crippen LogP contribution in [0.15, 0.2) is 54.6 Å². The minimum absolute atomic E-state index is 0.130. The second-order valence-electron chi connectivity index (χ2n) is 8.27. The summed E-state index contributed by atoms with van der Waals surface area (Å²) in [4.78, 5) is 24.8. The maximum absolute atomic E-state index is 12.9. The number of aromatic nitrogens is 4. The van der Waals surface area contributed by atoms with E-state index in [4.69, 9.17) is 9.97 Å². The molecular weight excluding hydrogens is 400 g/mol. The fourth-order valence-electron chi connectivity index (χ4n) is 4.31. The highest BCUT2D eigenvalue weighted by Gasteiger charge is 2.27. The van der Waals surface area contributed by atoms with Crippen LogP contribution in [0.4, 0.5) is 0 Å². The molecule has 32 heavy (non-hydrogen) atoms. The maximum atomic E-state index is 12.9. The van der Waals surface area contributed by atoms with E-state index in [1.54, 1.807) is 0 Å². The van der Waals surface area contributed by atoms with Crippen LogP contribution < -0.4 is 5.32 Å². The molecule has 0 aliphatic carbocycles. The summed E-state index contributed by atoms with van der Waals surface area (Å²) in [5, 5.41) is 7.57. The lowest BCUT2D eigenvalue weighted by molar-refractivity contribution is 0.0942. The molecule has 1 aliphatic rings. The van der Waals surface area contributed by atoms with Gasteiger partial charge < -0.3 is 5.32 Å². The molecule has 0 fully saturated rings. The molecule has 5 rings (SSSR count). The number of rotatable bonds is 5. The van der Waals surface area contributed by atoms with E-state index < -0.39 is 0 Å². The molecule has 0 unspecified atom stereocenters. The lowest BCUT2D eigenvalue weighted by Crippen LogP contribution is -2.32. The molecule has 0 radical (unpaired) electrons. The Morgan fingerprint density at radius 2 is 1.75 bits per heavy atom. The summed E-state index contributed by atoms with van der Waals surface area (Å²) in [5.74, 6) is -0.130. The average molecular weight is 427 g/mol. The Hall–Kier alpha value is -3.58. The normalized spacial score (nSPS) is 13.8. The number of fused-ring (bicyclic) bond motifs is 2. The molecule has 0 saturated heterocycles. The first-order chi connectivity index (χ1) is 15.6. The highest BCUT2D eigenvalue weighted by molar-refractivity contribution is 5.94. The van der Waals surface area contributed by atoms with Crippen LogP contribution in [-0.2, 0) is 33.1 Å². The van der Waals surface area contributed by atoms with E-state index in [-0.39, 0.29) is 5.91 Å². The van der Waals surface area contributed by atoms with Gasteiger partial charge in [0.1, 0.15) is 0 Å². The van der Waals surface area contributed by atoms with Gasteiger partial charge >= 0.3 is 0 Å². The van der Waals surface area contributed by atoms with Crippen molar-refractivity contribution in [3.63, 3.8) is 0 Å². The standard InChI is InChI=1S/C25H26N6O/c1-17-22(28-21-11-7-6-10-20(21)27-17)16-31-13-12-23-19(15-31)24(29-30(23)2)25(32)26-14-18-8-4-3-5-9-18/h3-11H,12-16H2,1-2H3,(H,26,32). The summed E-state index contributed by atoms with van der Waals surface area (Å²) in [5.41, 5.74) is 7.48. The Morgan fingerprint density at radius 3 is 2.53 bits per heavy atom. The van der Waals surface area contributed by atoms with Gasteiger partial charge in [-0.1, -0.05) is 42.5 Å². The second kappa shape index (κ2) is 8.51. The average Bonchev–Trinajstić information content (AvgIpc) is 3.14. The number of carbonyl (C=O) groups excluding carboxylic acids is 1. The highest BCUT2D eigenvalue weighted by Crippen LogP contribution is 2.24. The van der Waals surface area contributed by atoms with Crippen LogP contribution in [-0.4, -0.2) is 37.1 Å². The molecule has 1 aliphatic heterocycles. The molecule has 3 heterocycles. The third-order valence-corrected chi connectivity index (χ3v) is 6.05. The summed E-state index contributed by atoms with van der Waals surface area (Å²) in [6.07, 6.45) is 0.852. The fraction of sp³-hybridized carbons (Fsp3) is 0.280. The van der Waals surface area contributed by atoms with Gasteiger partial charge in [-0.2, -0.15) is 5.10 Å². The molecule has 7 heteroatoms. The van der Waals surface area contributed by atoms with Gasteiger partial charge in [0, 0.05) is 50.9 Å². The third-order valence-electron chi connectivity index (χ3n) is 6.05. The zero-order chi connectivity index (χ0) is 22.1. The van der Waals surface area contributed by atoms with Gasteiger partial charge in [0.15, 0.2) is 5.69 Å². The zero-order valence-electron chi connectivity index (χ0n) is 18.4. The molecule has 2 aromatic heterocycles. The van der Waals surface area contributed by atoms with E-state index in [1.807, 2.05) is 73.3 Å². The third kappa shape index (κ3) is 3.99. The van der Waals surface area contributed by atoms with Crippen LogP contribution in [0, 0.1) is 6.92 Å². The van der Waals surface area contributed by atoms with Gasteiger partial charge in [-0.3, -0.25) is 14.4 Å². The van der Waals surface area contributed by atoms with Gasteiger partial charge in [0.25, 0.3) is 5.91 Å². The number of nitrogens with zero attached hydrogens (tertiary/aromatic N) is 5. The van der Waals surface area contributed by atoms with E-state index >= 15 is 0 Å². The Balaban J connectivity index is 1.34. The zero-order valence-corrected chi connectivity index (χ0v) is 18.4. The van der Waals surface area contributed by atoms with Crippen molar-refractivity contribution in [2.75, 3.05) is 6.54 Å². The van der Waals surface area contributed by atoms with E-state index in [1.165, 1.54) is 0 Å². The van der Waals surface area contributed by atoms with Crippen molar-refractivity contribution in [2.45, 2.75) is 33.0 Å². The predicted octanol–water partition coefficient (Wildman–Crippen LogP) is 3.16. The molecule has 0 atom stereocenters. The van der Waals surface area contributed by atoms with Crippen LogP contribution in [0.2, 0.25) is 0 Å². The second-order valence-corrected chi connectivity index (χ2v) is 8.27. The minimum atomic E-state index is -0.130. The smallest absolute Gasteiger partial charge is 0.272 e. The number of benzene rings is 2. The monoisotopic (exact) mass is 426 g/mol. The van der Waals surface area contributed by atoms with Crippen molar-refractivity contribution >= 4 is 16.9 Å². The molecule has 0 saturated carbocycles. The Morgan fingerprint density at radius 1 is 1.03 bits per heavy atom. The maximum Gasteiger partial charge on any atom is 0.272 e. The lowest BCUT2D eigenvalue weighted by atomic mass is 10.0. The van der Waals surface area contributed by atoms with Gasteiger partial charge in [0.2, 0.25) is 0 Å². The molecule has 7 nitrogen and oxygen atoms in total. The van der Waals surface area contributed by atoms with E-state index in [2.05, 4.69) is 15.3 Å². The largest absolute Gasteiger partial charge is 0.347 e. The summed E-state index contributed by atoms with van der Waals surface area (Å²) >= 11 is 0. The van der Waals surface area contributed by atoms with Gasteiger partial charge in [-0.05, 0) is 24.6 Å². The van der Waals surface area contributed by atoms with Crippen molar-refractivity contribution < 1.29 is 4.79 Å². The number of hydrogen-bond acceptors (Lipinski definition) is 5. The number of amides is 1. The Labute approximate surface area is 187 Å². The molecule has 1 N–H and O–H groups in total. The molecule has 162 valence electrons. The first-order valence-electron chi connectivity index (χ1n) is 10.9. The van der Waals surface area contributed by atoms with Crippen molar-refractivity contribution in [1.29, 1.82) is 0 Å². The first kappa shape index (κ1) is 20.3. The number of aryl methyl sites for hydroxylation is 2. The van der Waals surface area contributed by atoms with Crippen LogP contribution >= 0.6 is 0 Å². The molecular formula is C25H26N6O. The molecule has 0 bridgehead atoms. The summed E-state index contributed by atoms with van der Waals surface area (Å²) in [6.45, 7) is 4.76. The number of para-hydroxylation sites is 2. The first-order valence-corrected chi connectivity index (χ1v) is 10.9. The molecule has 1 amide bonds. The highest BCUT2D eigenvalue weighted by atomic mass is 16.1. The van der Waals surface area contributed by atoms with Crippen molar-refractivity contribution in [1.82, 2.24) is 30.0 Å². The van der Waals surface area contributed by atoms with Crippen LogP contribution in [0.25, 0.3) is 11.0 Å². The quantitative estimate of drug-likeness (QED) is 0.531. The van der Waals surface area contributed by atoms with Crippen LogP contribution in [0.5, 0.6) is 0 Å². The van der Waals surface area contributed by atoms with E-state index in [0.717, 1.165) is 52.2 Å². The molecule has 4 aromatic rings. The topological polar surface area (TPSA) is 75.9 Å². The Kier molecular flexibility index (Phi) is 5.41. The molecule has 0 spiro atoms. The predicted molar refractivity (Wildman–Crippen MR) is 123 cm³/mol. The lowest BCUT2D eigenvalue weighted by Gasteiger charge is -2.27. The Bertz CT molecular complexity index is 1280. The number of nitrogens with one attached hydrogen (secondary N) is 1. The number of carbonyl (C=O) groups is 1. The number of hydrogen-bond donors (Lipinski definition) is 1. The van der Waals surface area contributed by atoms with Crippen molar-refractivity contribution in [2.24, 2.45) is 7.05 Å². The van der Waals surface area contributed by atoms with Gasteiger partial charge in [0.05, 0.1) is 22.4 Å². The minimum Gasteiger partial charge on any atom is -0.347 e. The van der Waals surface area contributed by atoms with Crippen LogP contribution in [0.3, 0.4) is 0 Å². The van der Waals surface area contributed by atoms with Gasteiger partial charge in [-0.15, -0.1) is 0 Å². The SMILES string of the molecule is Cc1nc2ccccc2nc1CN1CCc2c(c(C(=O)NCc3ccccc3)nn2C)C1. The van der Waals surface area contributed by atoms with Crippen LogP contribution in [0.1, 0.15) is 38.7 Å².